The highest BCUT2D eigenvalue weighted by Crippen LogP contribution is 2.26. The van der Waals surface area contributed by atoms with Crippen molar-refractivity contribution in [2.45, 2.75) is 24.3 Å². The number of anilines is 2. The molecule has 1 amide bonds. The lowest BCUT2D eigenvalue weighted by Crippen LogP contribution is -2.26. The van der Waals surface area contributed by atoms with Crippen LogP contribution in [0.4, 0.5) is 11.4 Å². The standard InChI is InChI=1S/C25H25N5O2S/c1-16-9-14-22(26-15-16)30-24(32)20-7-5-6-8-21(20)28-25(30)33-17(2)23(31)27-18-10-12-19(13-11-18)29(3)4/h5-15,17H,1-4H3,(H,27,31)/t17-/m1/s1. The Morgan fingerprint density at radius 3 is 2.45 bits per heavy atom. The van der Waals surface area contributed by atoms with E-state index in [1.54, 1.807) is 31.3 Å². The molecule has 8 heteroatoms. The molecule has 0 fully saturated rings. The molecule has 0 unspecified atom stereocenters. The van der Waals surface area contributed by atoms with Crippen LogP contribution in [0.1, 0.15) is 12.5 Å². The Kier molecular flexibility index (Phi) is 6.46. The van der Waals surface area contributed by atoms with Crippen LogP contribution in [0.3, 0.4) is 0 Å². The smallest absolute Gasteiger partial charge is 0.267 e. The summed E-state index contributed by atoms with van der Waals surface area (Å²) in [6, 6.07) is 18.5. The molecule has 168 valence electrons. The third-order valence-electron chi connectivity index (χ3n) is 5.17. The second kappa shape index (κ2) is 9.46. The fourth-order valence-corrected chi connectivity index (χ4v) is 4.20. The zero-order chi connectivity index (χ0) is 23.5. The predicted molar refractivity (Wildman–Crippen MR) is 135 cm³/mol. The number of aromatic nitrogens is 3. The van der Waals surface area contributed by atoms with E-state index in [0.29, 0.717) is 27.6 Å². The summed E-state index contributed by atoms with van der Waals surface area (Å²) in [5, 5.41) is 3.36. The van der Waals surface area contributed by atoms with Gasteiger partial charge in [-0.25, -0.2) is 14.5 Å². The highest BCUT2D eigenvalue weighted by Gasteiger charge is 2.21. The van der Waals surface area contributed by atoms with Gasteiger partial charge in [0.1, 0.15) is 5.82 Å². The van der Waals surface area contributed by atoms with Gasteiger partial charge in [-0.1, -0.05) is 30.0 Å². The largest absolute Gasteiger partial charge is 0.378 e. The van der Waals surface area contributed by atoms with Gasteiger partial charge in [-0.15, -0.1) is 0 Å². The summed E-state index contributed by atoms with van der Waals surface area (Å²) >= 11 is 1.23. The molecule has 0 spiro atoms. The maximum Gasteiger partial charge on any atom is 0.267 e. The number of carbonyl (C=O) groups excluding carboxylic acids is 1. The Bertz CT molecular complexity index is 1350. The van der Waals surface area contributed by atoms with Gasteiger partial charge in [0.25, 0.3) is 5.56 Å². The van der Waals surface area contributed by atoms with E-state index in [2.05, 4.69) is 10.3 Å². The van der Waals surface area contributed by atoms with Gasteiger partial charge in [0.2, 0.25) is 5.91 Å². The Morgan fingerprint density at radius 2 is 1.79 bits per heavy atom. The van der Waals surface area contributed by atoms with E-state index in [1.165, 1.54) is 16.3 Å². The van der Waals surface area contributed by atoms with E-state index >= 15 is 0 Å². The van der Waals surface area contributed by atoms with Crippen LogP contribution in [0.15, 0.2) is 76.8 Å². The third kappa shape index (κ3) is 4.90. The van der Waals surface area contributed by atoms with E-state index in [4.69, 9.17) is 4.98 Å². The molecule has 2 aromatic heterocycles. The van der Waals surface area contributed by atoms with Crippen molar-refractivity contribution in [1.82, 2.24) is 14.5 Å². The fourth-order valence-electron chi connectivity index (χ4n) is 3.28. The monoisotopic (exact) mass is 459 g/mol. The number of fused-ring (bicyclic) bond motifs is 1. The average molecular weight is 460 g/mol. The summed E-state index contributed by atoms with van der Waals surface area (Å²) < 4.78 is 1.47. The minimum absolute atomic E-state index is 0.177. The van der Waals surface area contributed by atoms with Crippen LogP contribution >= 0.6 is 11.8 Å². The number of hydrogen-bond donors (Lipinski definition) is 1. The summed E-state index contributed by atoms with van der Waals surface area (Å²) in [6.07, 6.45) is 1.71. The molecule has 4 aromatic rings. The van der Waals surface area contributed by atoms with Gasteiger partial charge >= 0.3 is 0 Å². The van der Waals surface area contributed by atoms with E-state index in [-0.39, 0.29) is 11.5 Å². The SMILES string of the molecule is Cc1ccc(-n2c(S[C@H](C)C(=O)Nc3ccc(N(C)C)cc3)nc3ccccc3c2=O)nc1. The number of amides is 1. The van der Waals surface area contributed by atoms with Crippen LogP contribution in [-0.4, -0.2) is 39.8 Å². The molecule has 0 bridgehead atoms. The van der Waals surface area contributed by atoms with Gasteiger partial charge in [0, 0.05) is 31.7 Å². The molecule has 0 aliphatic carbocycles. The number of nitrogens with one attached hydrogen (secondary N) is 1. The third-order valence-corrected chi connectivity index (χ3v) is 6.22. The average Bonchev–Trinajstić information content (AvgIpc) is 2.80. The first-order valence-corrected chi connectivity index (χ1v) is 11.4. The van der Waals surface area contributed by atoms with Gasteiger partial charge in [-0.05, 0) is 61.9 Å². The number of benzene rings is 2. The van der Waals surface area contributed by atoms with E-state index < -0.39 is 5.25 Å². The lowest BCUT2D eigenvalue weighted by molar-refractivity contribution is -0.115. The number of pyridine rings is 1. The topological polar surface area (TPSA) is 80.1 Å². The molecule has 0 saturated heterocycles. The van der Waals surface area contributed by atoms with Crippen molar-refractivity contribution in [2.24, 2.45) is 0 Å². The number of rotatable bonds is 6. The van der Waals surface area contributed by atoms with Crippen LogP contribution in [0.25, 0.3) is 16.7 Å². The first-order valence-electron chi connectivity index (χ1n) is 10.5. The lowest BCUT2D eigenvalue weighted by atomic mass is 10.2. The number of para-hydroxylation sites is 1. The van der Waals surface area contributed by atoms with Crippen molar-refractivity contribution in [3.8, 4) is 5.82 Å². The molecule has 1 atom stereocenters. The van der Waals surface area contributed by atoms with Crippen LogP contribution < -0.4 is 15.8 Å². The molecule has 0 radical (unpaired) electrons. The van der Waals surface area contributed by atoms with E-state index in [0.717, 1.165) is 11.3 Å². The second-order valence-electron chi connectivity index (χ2n) is 7.94. The highest BCUT2D eigenvalue weighted by atomic mass is 32.2. The molecule has 4 rings (SSSR count). The van der Waals surface area contributed by atoms with Gasteiger partial charge in [0.15, 0.2) is 5.16 Å². The zero-order valence-electron chi connectivity index (χ0n) is 18.9. The normalized spacial score (nSPS) is 11.9. The number of hydrogen-bond acceptors (Lipinski definition) is 6. The molecule has 7 nitrogen and oxygen atoms in total. The number of carbonyl (C=O) groups is 1. The molecule has 0 aliphatic rings. The minimum Gasteiger partial charge on any atom is -0.378 e. The fraction of sp³-hybridized carbons (Fsp3) is 0.200. The molecular weight excluding hydrogens is 434 g/mol. The molecule has 0 saturated carbocycles. The molecular formula is C25H25N5O2S. The van der Waals surface area contributed by atoms with Gasteiger partial charge < -0.3 is 10.2 Å². The quantitative estimate of drug-likeness (QED) is 0.343. The van der Waals surface area contributed by atoms with Crippen LogP contribution in [-0.2, 0) is 4.79 Å². The highest BCUT2D eigenvalue weighted by molar-refractivity contribution is 8.00. The van der Waals surface area contributed by atoms with Gasteiger partial charge in [-0.2, -0.15) is 0 Å². The summed E-state index contributed by atoms with van der Waals surface area (Å²) in [4.78, 5) is 37.3. The summed E-state index contributed by atoms with van der Waals surface area (Å²) in [6.45, 7) is 3.73. The number of thioether (sulfide) groups is 1. The van der Waals surface area contributed by atoms with Crippen molar-refractivity contribution >= 4 is 39.9 Å². The Morgan fingerprint density at radius 1 is 1.06 bits per heavy atom. The molecule has 2 heterocycles. The van der Waals surface area contributed by atoms with E-state index in [9.17, 15) is 9.59 Å². The van der Waals surface area contributed by atoms with Crippen molar-refractivity contribution in [3.05, 3.63) is 82.8 Å². The van der Waals surface area contributed by atoms with Gasteiger partial charge in [0.05, 0.1) is 16.2 Å². The first-order chi connectivity index (χ1) is 15.8. The zero-order valence-corrected chi connectivity index (χ0v) is 19.8. The molecule has 2 aromatic carbocycles. The summed E-state index contributed by atoms with van der Waals surface area (Å²) in [5.41, 5.74) is 3.11. The second-order valence-corrected chi connectivity index (χ2v) is 9.24. The number of nitrogens with zero attached hydrogens (tertiary/aromatic N) is 4. The van der Waals surface area contributed by atoms with Crippen molar-refractivity contribution in [2.75, 3.05) is 24.3 Å². The molecule has 0 aliphatic heterocycles. The molecule has 1 N–H and O–H groups in total. The van der Waals surface area contributed by atoms with Crippen LogP contribution in [0, 0.1) is 6.92 Å². The maximum atomic E-state index is 13.3. The van der Waals surface area contributed by atoms with Gasteiger partial charge in [-0.3, -0.25) is 9.59 Å². The lowest BCUT2D eigenvalue weighted by Gasteiger charge is -2.17. The maximum absolute atomic E-state index is 13.3. The van der Waals surface area contributed by atoms with Crippen molar-refractivity contribution < 1.29 is 4.79 Å². The summed E-state index contributed by atoms with van der Waals surface area (Å²) in [5.74, 6) is 0.293. The van der Waals surface area contributed by atoms with Crippen LogP contribution in [0.5, 0.6) is 0 Å². The van der Waals surface area contributed by atoms with Crippen LogP contribution in [0.2, 0.25) is 0 Å². The van der Waals surface area contributed by atoms with Crippen molar-refractivity contribution in [3.63, 3.8) is 0 Å². The first kappa shape index (κ1) is 22.5. The minimum atomic E-state index is -0.497. The molecule has 33 heavy (non-hydrogen) atoms. The van der Waals surface area contributed by atoms with E-state index in [1.807, 2.05) is 68.4 Å². The Labute approximate surface area is 196 Å². The Hall–Kier alpha value is -3.65. The number of aryl methyl sites for hydroxylation is 1. The van der Waals surface area contributed by atoms with Crippen molar-refractivity contribution in [1.29, 1.82) is 0 Å². The predicted octanol–water partition coefficient (Wildman–Crippen LogP) is 4.27. The summed E-state index contributed by atoms with van der Waals surface area (Å²) in [7, 11) is 3.93. The Balaban J connectivity index is 1.65.